The fourth-order valence-electron chi connectivity index (χ4n) is 4.08. The van der Waals surface area contributed by atoms with E-state index in [1.165, 1.54) is 0 Å². The van der Waals surface area contributed by atoms with E-state index in [-0.39, 0.29) is 11.4 Å². The second-order valence-corrected chi connectivity index (χ2v) is 8.18. The van der Waals surface area contributed by atoms with Gasteiger partial charge in [0.1, 0.15) is 0 Å². The first kappa shape index (κ1) is 21.9. The van der Waals surface area contributed by atoms with Gasteiger partial charge in [-0.15, -0.1) is 0 Å². The first-order chi connectivity index (χ1) is 17.1. The molecule has 0 aliphatic carbocycles. The van der Waals surface area contributed by atoms with Gasteiger partial charge in [0.2, 0.25) is 5.88 Å². The Kier molecular flexibility index (Phi) is 5.94. The Morgan fingerprint density at radius 3 is 2.23 bits per heavy atom. The van der Waals surface area contributed by atoms with E-state index in [2.05, 4.69) is 40.3 Å². The number of nitriles is 1. The molecule has 0 saturated heterocycles. The summed E-state index contributed by atoms with van der Waals surface area (Å²) < 4.78 is 0. The molecule has 1 heterocycles. The molecule has 0 atom stereocenters. The lowest BCUT2D eigenvalue weighted by molar-refractivity contribution is 0.452. The zero-order valence-corrected chi connectivity index (χ0v) is 18.8. The molecule has 0 aliphatic heterocycles. The lowest BCUT2D eigenvalue weighted by Crippen LogP contribution is -2.08. The van der Waals surface area contributed by atoms with Crippen molar-refractivity contribution in [3.05, 3.63) is 119 Å². The minimum absolute atomic E-state index is 0.234. The minimum Gasteiger partial charge on any atom is -0.494 e. The normalized spacial score (nSPS) is 11.1. The Balaban J connectivity index is 1.58. The molecule has 168 valence electrons. The molecule has 1 aromatic heterocycles. The maximum absolute atomic E-state index is 12.5. The molecule has 5 rings (SSSR count). The summed E-state index contributed by atoms with van der Waals surface area (Å²) in [6.07, 6.45) is 1.89. The molecule has 0 spiro atoms. The Morgan fingerprint density at radius 2 is 1.49 bits per heavy atom. The van der Waals surface area contributed by atoms with Crippen molar-refractivity contribution in [2.75, 3.05) is 0 Å². The van der Waals surface area contributed by atoms with Crippen molar-refractivity contribution < 1.29 is 5.11 Å². The summed E-state index contributed by atoms with van der Waals surface area (Å²) in [6.45, 7) is 0. The third-order valence-corrected chi connectivity index (χ3v) is 5.91. The molecule has 2 N–H and O–H groups in total. The highest BCUT2D eigenvalue weighted by Gasteiger charge is 2.11. The number of aromatic nitrogens is 1. The van der Waals surface area contributed by atoms with Crippen LogP contribution in [-0.4, -0.2) is 16.3 Å². The number of pyridine rings is 1. The summed E-state index contributed by atoms with van der Waals surface area (Å²) in [6, 6.07) is 33.4. The van der Waals surface area contributed by atoms with Crippen molar-refractivity contribution in [3.63, 3.8) is 0 Å². The lowest BCUT2D eigenvalue weighted by Gasteiger charge is -2.09. The molecule has 5 heteroatoms. The van der Waals surface area contributed by atoms with Crippen LogP contribution < -0.4 is 5.56 Å². The van der Waals surface area contributed by atoms with Crippen molar-refractivity contribution in [1.82, 2.24) is 4.98 Å². The number of nitrogens with one attached hydrogen (secondary N) is 1. The SMILES string of the molecule is N#CCc1ccc(N=Cc2c(O)[nH]c(=O)c3ccc(-c4cccc(-c5ccccc5)c4)cc23)cc1. The molecule has 35 heavy (non-hydrogen) atoms. The van der Waals surface area contributed by atoms with Gasteiger partial charge in [-0.2, -0.15) is 5.26 Å². The van der Waals surface area contributed by atoms with E-state index in [1.807, 2.05) is 66.7 Å². The molecule has 0 unspecified atom stereocenters. The van der Waals surface area contributed by atoms with Crippen LogP contribution in [0.4, 0.5) is 5.69 Å². The molecule has 5 aromatic rings. The third kappa shape index (κ3) is 4.59. The number of benzene rings is 4. The summed E-state index contributed by atoms with van der Waals surface area (Å²) in [5.41, 5.74) is 5.81. The molecule has 0 amide bonds. The Hall–Kier alpha value is -4.95. The molecule has 0 aliphatic rings. The zero-order valence-electron chi connectivity index (χ0n) is 18.8. The first-order valence-electron chi connectivity index (χ1n) is 11.2. The van der Waals surface area contributed by atoms with E-state index in [4.69, 9.17) is 5.26 Å². The fraction of sp³-hybridized carbons (Fsp3) is 0.0333. The van der Waals surface area contributed by atoms with Crippen LogP contribution >= 0.6 is 0 Å². The zero-order chi connectivity index (χ0) is 24.2. The van der Waals surface area contributed by atoms with Crippen LogP contribution in [0.3, 0.4) is 0 Å². The number of rotatable bonds is 5. The van der Waals surface area contributed by atoms with Gasteiger partial charge in [-0.3, -0.25) is 14.8 Å². The second kappa shape index (κ2) is 9.50. The molecular weight excluding hydrogens is 434 g/mol. The topological polar surface area (TPSA) is 89.2 Å². The average Bonchev–Trinajstić information content (AvgIpc) is 2.90. The molecule has 4 aromatic carbocycles. The van der Waals surface area contributed by atoms with Gasteiger partial charge in [-0.1, -0.05) is 66.7 Å². The molecular formula is C30H21N3O2. The van der Waals surface area contributed by atoms with Crippen LogP contribution in [0, 0.1) is 11.3 Å². The van der Waals surface area contributed by atoms with Gasteiger partial charge in [0.15, 0.2) is 0 Å². The van der Waals surface area contributed by atoms with Crippen LogP contribution in [0.1, 0.15) is 11.1 Å². The lowest BCUT2D eigenvalue weighted by atomic mass is 9.96. The van der Waals surface area contributed by atoms with Crippen LogP contribution in [0.5, 0.6) is 5.88 Å². The number of hydrogen-bond acceptors (Lipinski definition) is 4. The monoisotopic (exact) mass is 455 g/mol. The van der Waals surface area contributed by atoms with Gasteiger partial charge in [0.25, 0.3) is 5.56 Å². The molecule has 0 bridgehead atoms. The number of H-pyrrole nitrogens is 1. The first-order valence-corrected chi connectivity index (χ1v) is 11.2. The van der Waals surface area contributed by atoms with Crippen molar-refractivity contribution in [2.45, 2.75) is 6.42 Å². The number of fused-ring (bicyclic) bond motifs is 1. The summed E-state index contributed by atoms with van der Waals surface area (Å²) >= 11 is 0. The maximum atomic E-state index is 12.5. The van der Waals surface area contributed by atoms with Gasteiger partial charge in [0.05, 0.1) is 23.7 Å². The van der Waals surface area contributed by atoms with E-state index >= 15 is 0 Å². The minimum atomic E-state index is -0.361. The summed E-state index contributed by atoms with van der Waals surface area (Å²) in [5.74, 6) is -0.234. The molecule has 0 saturated carbocycles. The van der Waals surface area contributed by atoms with Crippen LogP contribution in [0.15, 0.2) is 107 Å². The summed E-state index contributed by atoms with van der Waals surface area (Å²) in [4.78, 5) is 19.5. The van der Waals surface area contributed by atoms with Crippen molar-refractivity contribution in [2.24, 2.45) is 4.99 Å². The van der Waals surface area contributed by atoms with Gasteiger partial charge >= 0.3 is 0 Å². The van der Waals surface area contributed by atoms with Crippen LogP contribution in [0.25, 0.3) is 33.0 Å². The van der Waals surface area contributed by atoms with E-state index in [9.17, 15) is 9.90 Å². The highest BCUT2D eigenvalue weighted by Crippen LogP contribution is 2.30. The van der Waals surface area contributed by atoms with E-state index in [1.54, 1.807) is 12.3 Å². The number of aromatic amines is 1. The van der Waals surface area contributed by atoms with Crippen LogP contribution in [-0.2, 0) is 6.42 Å². The van der Waals surface area contributed by atoms with Gasteiger partial charge in [-0.05, 0) is 58.1 Å². The van der Waals surface area contributed by atoms with Crippen molar-refractivity contribution >= 4 is 22.7 Å². The third-order valence-electron chi connectivity index (χ3n) is 5.91. The Morgan fingerprint density at radius 1 is 0.800 bits per heavy atom. The highest BCUT2D eigenvalue weighted by atomic mass is 16.3. The average molecular weight is 456 g/mol. The largest absolute Gasteiger partial charge is 0.494 e. The fourth-order valence-corrected chi connectivity index (χ4v) is 4.08. The van der Waals surface area contributed by atoms with E-state index in [0.717, 1.165) is 27.8 Å². The number of aliphatic imine (C=N–C) groups is 1. The van der Waals surface area contributed by atoms with Crippen molar-refractivity contribution in [3.8, 4) is 34.2 Å². The summed E-state index contributed by atoms with van der Waals surface area (Å²) in [5, 5.41) is 20.5. The number of nitrogens with zero attached hydrogens (tertiary/aromatic N) is 2. The predicted octanol–water partition coefficient (Wildman–Crippen LogP) is 6.38. The smallest absolute Gasteiger partial charge is 0.258 e. The van der Waals surface area contributed by atoms with Crippen LogP contribution in [0.2, 0.25) is 0 Å². The predicted molar refractivity (Wildman–Crippen MR) is 140 cm³/mol. The van der Waals surface area contributed by atoms with Crippen molar-refractivity contribution in [1.29, 1.82) is 5.26 Å². The highest BCUT2D eigenvalue weighted by molar-refractivity contribution is 6.03. The molecule has 0 radical (unpaired) electrons. The number of aromatic hydroxyl groups is 1. The molecule has 0 fully saturated rings. The van der Waals surface area contributed by atoms with E-state index in [0.29, 0.717) is 28.4 Å². The Labute approximate surface area is 202 Å². The van der Waals surface area contributed by atoms with Gasteiger partial charge in [0, 0.05) is 17.0 Å². The second-order valence-electron chi connectivity index (χ2n) is 8.18. The standard InChI is InChI=1S/C30H21N3O2/c31-16-15-20-9-12-25(13-10-20)32-19-28-27-18-24(11-14-26(27)29(34)33-30(28)35)23-8-4-7-22(17-23)21-5-2-1-3-6-21/h1-14,17-19H,15H2,(H2,33,34,35). The summed E-state index contributed by atoms with van der Waals surface area (Å²) in [7, 11) is 0. The van der Waals surface area contributed by atoms with Gasteiger partial charge < -0.3 is 5.11 Å². The molecule has 5 nitrogen and oxygen atoms in total. The quantitative estimate of drug-likeness (QED) is 0.301. The van der Waals surface area contributed by atoms with E-state index < -0.39 is 0 Å². The van der Waals surface area contributed by atoms with Gasteiger partial charge in [-0.25, -0.2) is 0 Å². The number of hydrogen-bond donors (Lipinski definition) is 2. The Bertz CT molecular complexity index is 1640. The maximum Gasteiger partial charge on any atom is 0.258 e.